The van der Waals surface area contributed by atoms with Crippen molar-refractivity contribution in [1.29, 1.82) is 0 Å². The van der Waals surface area contributed by atoms with E-state index in [1.807, 2.05) is 44.2 Å². The maximum Gasteiger partial charge on any atom is 0.251 e. The normalized spacial score (nSPS) is 19.2. The van der Waals surface area contributed by atoms with Crippen molar-refractivity contribution in [3.63, 3.8) is 0 Å². The van der Waals surface area contributed by atoms with Crippen LogP contribution in [0.25, 0.3) is 5.57 Å². The summed E-state index contributed by atoms with van der Waals surface area (Å²) in [6.45, 7) is 12.0. The monoisotopic (exact) mass is 421 g/mol. The van der Waals surface area contributed by atoms with Gasteiger partial charge in [-0.05, 0) is 75.4 Å². The fourth-order valence-electron chi connectivity index (χ4n) is 4.18. The molecular formula is C26H35N3O2. The molecule has 1 N–H and O–H groups in total. The predicted octanol–water partition coefficient (Wildman–Crippen LogP) is 4.83. The fraction of sp³-hybridized carbons (Fsp3) is 0.423. The first-order valence-corrected chi connectivity index (χ1v) is 10.8. The predicted molar refractivity (Wildman–Crippen MR) is 128 cm³/mol. The molecule has 5 nitrogen and oxygen atoms in total. The minimum Gasteiger partial charge on any atom is -0.370 e. The summed E-state index contributed by atoms with van der Waals surface area (Å²) in [5.74, 6) is 1.21. The van der Waals surface area contributed by atoms with Crippen molar-refractivity contribution in [2.45, 2.75) is 46.6 Å². The third-order valence-electron chi connectivity index (χ3n) is 5.85. The topological polar surface area (TPSA) is 62.3 Å². The Hall–Kier alpha value is -2.95. The lowest BCUT2D eigenvalue weighted by atomic mass is 9.80. The van der Waals surface area contributed by atoms with Gasteiger partial charge in [-0.3, -0.25) is 9.78 Å². The number of aryl methyl sites for hydroxylation is 2. The molecule has 166 valence electrons. The summed E-state index contributed by atoms with van der Waals surface area (Å²) in [6.07, 6.45) is 3.41. The van der Waals surface area contributed by atoms with Gasteiger partial charge in [-0.1, -0.05) is 19.6 Å². The van der Waals surface area contributed by atoms with Crippen LogP contribution in [0.1, 0.15) is 54.0 Å². The Kier molecular flexibility index (Phi) is 8.55. The van der Waals surface area contributed by atoms with Crippen LogP contribution in [0.5, 0.6) is 0 Å². The zero-order valence-electron chi connectivity index (χ0n) is 19.6. The molecule has 0 bridgehead atoms. The van der Waals surface area contributed by atoms with Crippen molar-refractivity contribution in [2.24, 2.45) is 11.8 Å². The Labute approximate surface area is 186 Å². The molecule has 1 amide bonds. The van der Waals surface area contributed by atoms with E-state index in [1.54, 1.807) is 7.05 Å². The summed E-state index contributed by atoms with van der Waals surface area (Å²) in [6, 6.07) is 12.5. The molecule has 1 aromatic heterocycles. The number of aromatic nitrogens is 1. The first kappa shape index (κ1) is 24.3. The van der Waals surface area contributed by atoms with Crippen LogP contribution in [0.15, 0.2) is 43.0 Å². The number of nitrogens with zero attached hydrogens (tertiary/aromatic N) is 2. The lowest BCUT2D eigenvalue weighted by molar-refractivity contribution is -0.106. The Morgan fingerprint density at radius 1 is 1.19 bits per heavy atom. The highest BCUT2D eigenvalue weighted by Gasteiger charge is 2.42. The number of nitrogens with one attached hydrogen (secondary N) is 1. The summed E-state index contributed by atoms with van der Waals surface area (Å²) in [7, 11) is 3.83. The van der Waals surface area contributed by atoms with Crippen molar-refractivity contribution >= 4 is 23.5 Å². The Balaban J connectivity index is 0.000000258. The van der Waals surface area contributed by atoms with Crippen LogP contribution in [0.2, 0.25) is 0 Å². The maximum absolute atomic E-state index is 11.8. The van der Waals surface area contributed by atoms with Crippen LogP contribution in [0.4, 0.5) is 5.69 Å². The number of hydrogen-bond donors (Lipinski definition) is 1. The number of carbonyl (C=O) groups excluding carboxylic acids is 2. The van der Waals surface area contributed by atoms with E-state index in [-0.39, 0.29) is 5.91 Å². The minimum atomic E-state index is -0.0415. The number of anilines is 1. The lowest BCUT2D eigenvalue weighted by Crippen LogP contribution is -2.42. The summed E-state index contributed by atoms with van der Waals surface area (Å²) in [5.41, 5.74) is 6.38. The van der Waals surface area contributed by atoms with E-state index in [0.29, 0.717) is 17.5 Å². The summed E-state index contributed by atoms with van der Waals surface area (Å²) < 4.78 is 0. The van der Waals surface area contributed by atoms with Crippen LogP contribution >= 0.6 is 0 Å². The second kappa shape index (κ2) is 10.9. The van der Waals surface area contributed by atoms with E-state index in [4.69, 9.17) is 4.79 Å². The van der Waals surface area contributed by atoms with Gasteiger partial charge in [-0.25, -0.2) is 0 Å². The molecule has 0 radical (unpaired) electrons. The molecule has 1 unspecified atom stereocenters. The quantitative estimate of drug-likeness (QED) is 0.706. The second-order valence-electron chi connectivity index (χ2n) is 8.22. The van der Waals surface area contributed by atoms with Gasteiger partial charge in [0.2, 0.25) is 0 Å². The number of fused-ring (bicyclic) bond motifs is 1. The molecule has 4 rings (SSSR count). The van der Waals surface area contributed by atoms with E-state index >= 15 is 0 Å². The fourth-order valence-corrected chi connectivity index (χ4v) is 4.18. The van der Waals surface area contributed by atoms with Crippen LogP contribution in [0, 0.1) is 25.7 Å². The highest BCUT2D eigenvalue weighted by atomic mass is 16.1. The molecule has 5 heteroatoms. The molecular weight excluding hydrogens is 386 g/mol. The minimum absolute atomic E-state index is 0.0415. The van der Waals surface area contributed by atoms with E-state index in [1.165, 1.54) is 31.0 Å². The molecule has 1 fully saturated rings. The third-order valence-corrected chi connectivity index (χ3v) is 5.85. The second-order valence-corrected chi connectivity index (χ2v) is 8.22. The first-order valence-electron chi connectivity index (χ1n) is 10.8. The van der Waals surface area contributed by atoms with Gasteiger partial charge in [0.25, 0.3) is 5.91 Å². The number of aldehydes is 1. The number of pyridine rings is 1. The molecule has 0 saturated heterocycles. The van der Waals surface area contributed by atoms with Crippen molar-refractivity contribution in [1.82, 2.24) is 10.3 Å². The molecule has 1 aliphatic heterocycles. The van der Waals surface area contributed by atoms with Gasteiger partial charge < -0.3 is 15.0 Å². The number of hydrogen-bond acceptors (Lipinski definition) is 4. The van der Waals surface area contributed by atoms with Gasteiger partial charge in [0.15, 0.2) is 0 Å². The van der Waals surface area contributed by atoms with Crippen LogP contribution in [0.3, 0.4) is 0 Å². The summed E-state index contributed by atoms with van der Waals surface area (Å²) in [5, 5.41) is 2.68. The van der Waals surface area contributed by atoms with Crippen LogP contribution in [-0.4, -0.2) is 37.3 Å². The van der Waals surface area contributed by atoms with E-state index < -0.39 is 0 Å². The van der Waals surface area contributed by atoms with Crippen molar-refractivity contribution < 1.29 is 9.59 Å². The number of rotatable bonds is 2. The maximum atomic E-state index is 11.8. The zero-order chi connectivity index (χ0) is 23.1. The Morgan fingerprint density at radius 2 is 1.77 bits per heavy atom. The molecule has 0 spiro atoms. The number of benzene rings is 1. The lowest BCUT2D eigenvalue weighted by Gasteiger charge is -2.42. The molecule has 1 saturated carbocycles. The van der Waals surface area contributed by atoms with E-state index in [9.17, 15) is 4.79 Å². The van der Waals surface area contributed by atoms with Gasteiger partial charge >= 0.3 is 0 Å². The molecule has 1 aliphatic carbocycles. The Morgan fingerprint density at radius 3 is 2.23 bits per heavy atom. The summed E-state index contributed by atoms with van der Waals surface area (Å²) in [4.78, 5) is 27.2. The molecule has 2 atom stereocenters. The first-order chi connectivity index (χ1) is 14.7. The highest BCUT2D eigenvalue weighted by Crippen LogP contribution is 2.48. The molecule has 2 aromatic rings. The number of carbonyl (C=O) groups is 2. The number of amides is 1. The summed E-state index contributed by atoms with van der Waals surface area (Å²) >= 11 is 0. The molecule has 2 heterocycles. The van der Waals surface area contributed by atoms with Gasteiger partial charge in [-0.2, -0.15) is 0 Å². The highest BCUT2D eigenvalue weighted by molar-refractivity contribution is 5.96. The van der Waals surface area contributed by atoms with E-state index in [2.05, 4.69) is 41.8 Å². The van der Waals surface area contributed by atoms with E-state index in [0.717, 1.165) is 29.2 Å². The van der Waals surface area contributed by atoms with Gasteiger partial charge in [0, 0.05) is 54.3 Å². The zero-order valence-corrected chi connectivity index (χ0v) is 19.6. The largest absolute Gasteiger partial charge is 0.370 e. The van der Waals surface area contributed by atoms with Crippen LogP contribution < -0.4 is 10.2 Å². The van der Waals surface area contributed by atoms with Crippen molar-refractivity contribution in [3.8, 4) is 0 Å². The van der Waals surface area contributed by atoms with Crippen molar-refractivity contribution in [2.75, 3.05) is 19.0 Å². The molecule has 31 heavy (non-hydrogen) atoms. The Bertz CT molecular complexity index is 917. The molecule has 2 aliphatic rings. The standard InChI is InChI=1S/C17H22N2O.C7H9N.C2H4O/c1-10-11(2)16(12-5-6-12)19(4)15-8-7-13(9-14(10)15)17(20)18-3;1-6-4-3-5-7(2)8-6;1-2-3/h7-9,11-12,16H,1,5-6H2,2-4H3,(H,18,20);3-5H,1-2H3;2H,1H3/t11-,16?;;/m0../s1. The average Bonchev–Trinajstić information content (AvgIpc) is 3.57. The smallest absolute Gasteiger partial charge is 0.251 e. The SMILES string of the molecule is C=C1c2cc(C(=O)NC)ccc2N(C)C(C2CC2)[C@H]1C.CC=O.Cc1cccc(C)n1. The van der Waals surface area contributed by atoms with Gasteiger partial charge in [0.1, 0.15) is 6.29 Å². The van der Waals surface area contributed by atoms with Crippen molar-refractivity contribution in [3.05, 3.63) is 65.5 Å². The van der Waals surface area contributed by atoms with Gasteiger partial charge in [0.05, 0.1) is 0 Å². The molecule has 1 aromatic carbocycles. The van der Waals surface area contributed by atoms with Crippen LogP contribution in [-0.2, 0) is 4.79 Å². The average molecular weight is 422 g/mol. The van der Waals surface area contributed by atoms with Gasteiger partial charge in [-0.15, -0.1) is 0 Å². The third kappa shape index (κ3) is 6.03.